The summed E-state index contributed by atoms with van der Waals surface area (Å²) >= 11 is 0. The molecule has 2 nitrogen and oxygen atoms in total. The second-order valence-electron chi connectivity index (χ2n) is 4.65. The van der Waals surface area contributed by atoms with Crippen molar-refractivity contribution in [3.05, 3.63) is 48.6 Å². The van der Waals surface area contributed by atoms with Crippen molar-refractivity contribution in [2.24, 2.45) is 0 Å². The number of unbranched alkanes of at least 4 members (excludes halogenated alkanes) is 3. The van der Waals surface area contributed by atoms with Gasteiger partial charge >= 0.3 is 5.97 Å². The molecule has 0 aromatic rings. The first kappa shape index (κ1) is 18.4. The molecule has 0 heterocycles. The van der Waals surface area contributed by atoms with Crippen molar-refractivity contribution in [1.29, 1.82) is 0 Å². The molecule has 0 aromatic carbocycles. The van der Waals surface area contributed by atoms with E-state index in [-0.39, 0.29) is 6.42 Å². The lowest BCUT2D eigenvalue weighted by Gasteiger charge is -1.90. The van der Waals surface area contributed by atoms with E-state index in [1.54, 1.807) is 0 Å². The topological polar surface area (TPSA) is 37.3 Å². The van der Waals surface area contributed by atoms with Crippen molar-refractivity contribution in [1.82, 2.24) is 0 Å². The highest BCUT2D eigenvalue weighted by atomic mass is 16.4. The second kappa shape index (κ2) is 15.5. The van der Waals surface area contributed by atoms with E-state index >= 15 is 0 Å². The third kappa shape index (κ3) is 16.4. The first-order chi connectivity index (χ1) is 9.77. The Bertz CT molecular complexity index is 335. The van der Waals surface area contributed by atoms with Crippen molar-refractivity contribution in [3.8, 4) is 0 Å². The molecule has 0 rings (SSSR count). The maximum atomic E-state index is 10.3. The fraction of sp³-hybridized carbons (Fsp3) is 0.500. The SMILES string of the molecule is C/C=C\CC/C=C\CC/C=C\CC/C=C\CCC(=O)O. The first-order valence-corrected chi connectivity index (χ1v) is 7.55. The van der Waals surface area contributed by atoms with Crippen LogP contribution in [0.2, 0.25) is 0 Å². The summed E-state index contributed by atoms with van der Waals surface area (Å²) in [7, 11) is 0. The van der Waals surface area contributed by atoms with Gasteiger partial charge < -0.3 is 5.11 Å². The van der Waals surface area contributed by atoms with E-state index in [9.17, 15) is 4.79 Å². The molecule has 0 aromatic heterocycles. The van der Waals surface area contributed by atoms with Gasteiger partial charge in [-0.05, 0) is 51.9 Å². The Balaban J connectivity index is 3.33. The lowest BCUT2D eigenvalue weighted by Crippen LogP contribution is -1.91. The molecule has 112 valence electrons. The molecule has 0 atom stereocenters. The van der Waals surface area contributed by atoms with Crippen LogP contribution in [0.4, 0.5) is 0 Å². The van der Waals surface area contributed by atoms with E-state index in [4.69, 9.17) is 5.11 Å². The molecular weight excluding hydrogens is 248 g/mol. The Morgan fingerprint density at radius 1 is 0.700 bits per heavy atom. The minimum Gasteiger partial charge on any atom is -0.481 e. The lowest BCUT2D eigenvalue weighted by atomic mass is 10.2. The summed E-state index contributed by atoms with van der Waals surface area (Å²) in [5.41, 5.74) is 0. The number of hydrogen-bond donors (Lipinski definition) is 1. The Morgan fingerprint density at radius 2 is 1.05 bits per heavy atom. The van der Waals surface area contributed by atoms with Crippen LogP contribution in [0.3, 0.4) is 0 Å². The largest absolute Gasteiger partial charge is 0.481 e. The van der Waals surface area contributed by atoms with Crippen molar-refractivity contribution >= 4 is 5.97 Å². The average Bonchev–Trinajstić information content (AvgIpc) is 2.43. The van der Waals surface area contributed by atoms with Gasteiger partial charge in [0, 0.05) is 6.42 Å². The maximum absolute atomic E-state index is 10.3. The van der Waals surface area contributed by atoms with Crippen LogP contribution in [-0.2, 0) is 4.79 Å². The van der Waals surface area contributed by atoms with Crippen LogP contribution in [0, 0.1) is 0 Å². The summed E-state index contributed by atoms with van der Waals surface area (Å²) < 4.78 is 0. The molecular formula is C18H28O2. The molecule has 0 radical (unpaired) electrons. The van der Waals surface area contributed by atoms with Gasteiger partial charge in [0.15, 0.2) is 0 Å². The van der Waals surface area contributed by atoms with Crippen molar-refractivity contribution in [2.45, 2.75) is 58.3 Å². The van der Waals surface area contributed by atoms with Crippen LogP contribution in [0.5, 0.6) is 0 Å². The molecule has 0 fully saturated rings. The minimum absolute atomic E-state index is 0.229. The van der Waals surface area contributed by atoms with Crippen LogP contribution in [0.1, 0.15) is 58.3 Å². The summed E-state index contributed by atoms with van der Waals surface area (Å²) in [4.78, 5) is 10.3. The second-order valence-corrected chi connectivity index (χ2v) is 4.65. The van der Waals surface area contributed by atoms with Crippen molar-refractivity contribution < 1.29 is 9.90 Å². The van der Waals surface area contributed by atoms with E-state index in [1.807, 2.05) is 6.08 Å². The maximum Gasteiger partial charge on any atom is 0.303 e. The van der Waals surface area contributed by atoms with E-state index in [1.165, 1.54) is 0 Å². The van der Waals surface area contributed by atoms with Gasteiger partial charge in [0.05, 0.1) is 0 Å². The zero-order valence-corrected chi connectivity index (χ0v) is 12.6. The minimum atomic E-state index is -0.728. The van der Waals surface area contributed by atoms with Crippen LogP contribution in [0.15, 0.2) is 48.6 Å². The molecule has 0 bridgehead atoms. The van der Waals surface area contributed by atoms with Crippen LogP contribution >= 0.6 is 0 Å². The van der Waals surface area contributed by atoms with E-state index in [0.29, 0.717) is 6.42 Å². The third-order valence-corrected chi connectivity index (χ3v) is 2.76. The van der Waals surface area contributed by atoms with Crippen LogP contribution in [-0.4, -0.2) is 11.1 Å². The smallest absolute Gasteiger partial charge is 0.303 e. The highest BCUT2D eigenvalue weighted by molar-refractivity contribution is 5.66. The monoisotopic (exact) mass is 276 g/mol. The number of carboxylic acid groups (broad SMARTS) is 1. The fourth-order valence-electron chi connectivity index (χ4n) is 1.66. The summed E-state index contributed by atoms with van der Waals surface area (Å²) in [6.45, 7) is 2.05. The summed E-state index contributed by atoms with van der Waals surface area (Å²) in [5, 5.41) is 8.46. The normalized spacial score (nSPS) is 12.4. The molecule has 0 spiro atoms. The van der Waals surface area contributed by atoms with E-state index in [0.717, 1.165) is 38.5 Å². The van der Waals surface area contributed by atoms with E-state index < -0.39 is 5.97 Å². The van der Waals surface area contributed by atoms with Gasteiger partial charge in [-0.1, -0.05) is 48.6 Å². The van der Waals surface area contributed by atoms with Crippen LogP contribution < -0.4 is 0 Å². The lowest BCUT2D eigenvalue weighted by molar-refractivity contribution is -0.136. The summed E-state index contributed by atoms with van der Waals surface area (Å²) in [6, 6.07) is 0. The van der Waals surface area contributed by atoms with E-state index in [2.05, 4.69) is 49.5 Å². The van der Waals surface area contributed by atoms with Crippen molar-refractivity contribution in [3.63, 3.8) is 0 Å². The Labute approximate surface area is 123 Å². The molecule has 0 aliphatic heterocycles. The molecule has 0 aliphatic rings. The van der Waals surface area contributed by atoms with Gasteiger partial charge in [0.1, 0.15) is 0 Å². The molecule has 0 saturated heterocycles. The third-order valence-electron chi connectivity index (χ3n) is 2.76. The molecule has 0 unspecified atom stereocenters. The Morgan fingerprint density at radius 3 is 1.40 bits per heavy atom. The zero-order chi connectivity index (χ0) is 14.9. The quantitative estimate of drug-likeness (QED) is 0.381. The average molecular weight is 276 g/mol. The predicted molar refractivity (Wildman–Crippen MR) is 86.8 cm³/mol. The standard InChI is InChI=1S/C18H28O2/c1-2-3-4-5-6-7-8-9-10-11-12-13-14-15-16-17-18(19)20/h2-3,6-7,10-11,14-15H,4-5,8-9,12-13,16-17H2,1H3,(H,19,20)/b3-2-,7-6-,11-10-,15-14-. The van der Waals surface area contributed by atoms with Gasteiger partial charge in [-0.15, -0.1) is 0 Å². The molecule has 0 saturated carbocycles. The van der Waals surface area contributed by atoms with Gasteiger partial charge in [0.25, 0.3) is 0 Å². The first-order valence-electron chi connectivity index (χ1n) is 7.55. The number of hydrogen-bond acceptors (Lipinski definition) is 1. The van der Waals surface area contributed by atoms with Gasteiger partial charge in [0.2, 0.25) is 0 Å². The van der Waals surface area contributed by atoms with Crippen molar-refractivity contribution in [2.75, 3.05) is 0 Å². The highest BCUT2D eigenvalue weighted by Gasteiger charge is 1.90. The molecule has 0 aliphatic carbocycles. The zero-order valence-electron chi connectivity index (χ0n) is 12.6. The molecule has 2 heteroatoms. The number of rotatable bonds is 12. The number of allylic oxidation sites excluding steroid dienone is 8. The number of aliphatic carboxylic acids is 1. The predicted octanol–water partition coefficient (Wildman–Crippen LogP) is 5.44. The highest BCUT2D eigenvalue weighted by Crippen LogP contribution is 2.00. The van der Waals surface area contributed by atoms with Gasteiger partial charge in [-0.3, -0.25) is 4.79 Å². The molecule has 0 amide bonds. The fourth-order valence-corrected chi connectivity index (χ4v) is 1.66. The van der Waals surface area contributed by atoms with Crippen LogP contribution in [0.25, 0.3) is 0 Å². The summed E-state index contributed by atoms with van der Waals surface area (Å²) in [5.74, 6) is -0.728. The Kier molecular flexibility index (Phi) is 14.3. The molecule has 1 N–H and O–H groups in total. The van der Waals surface area contributed by atoms with Gasteiger partial charge in [-0.2, -0.15) is 0 Å². The Hall–Kier alpha value is -1.57. The number of carbonyl (C=O) groups is 1. The summed E-state index contributed by atoms with van der Waals surface area (Å²) in [6.07, 6.45) is 24.6. The molecule has 20 heavy (non-hydrogen) atoms. The van der Waals surface area contributed by atoms with Gasteiger partial charge in [-0.25, -0.2) is 0 Å². The number of carboxylic acids is 1.